The number of unbranched alkanes of at least 4 members (excludes halogenated alkanes) is 2. The number of pyridine rings is 1. The Morgan fingerprint density at radius 2 is 1.82 bits per heavy atom. The number of aromatic nitrogens is 6. The van der Waals surface area contributed by atoms with Gasteiger partial charge in [0.25, 0.3) is 0 Å². The van der Waals surface area contributed by atoms with Crippen molar-refractivity contribution >= 4 is 38.9 Å². The fourth-order valence-electron chi connectivity index (χ4n) is 6.35. The number of hydrogen-bond donors (Lipinski definition) is 2. The predicted octanol–water partition coefficient (Wildman–Crippen LogP) is 5.33. The Labute approximate surface area is 325 Å². The van der Waals surface area contributed by atoms with Gasteiger partial charge in [-0.2, -0.15) is 0 Å². The van der Waals surface area contributed by atoms with Crippen molar-refractivity contribution in [3.63, 3.8) is 0 Å². The molecule has 1 amide bonds. The fraction of sp³-hybridized carbons (Fsp3) is 0.350. The number of ether oxygens (including phenoxy) is 1. The standard InChI is InChI=1S/C40H43N9O6S/c1-6-49-36(51)23-43-38-39(49)46-34(22-42-38)31-15-17-33(45-27(31)3)37-44-25-48(47-37)18-8-7-9-19-55-29-11-13-30(14-12-29)56(53,54)24-40(4,52)35(50)21-28-10-16-32(41-5)26(2)20-28/h10-17,20,22,25,52H,6-9,18-19,21,23-24H2,1-4H3,(H,42,43)/t40-/m0/s1. The van der Waals surface area contributed by atoms with Gasteiger partial charge < -0.3 is 15.2 Å². The van der Waals surface area contributed by atoms with Crippen molar-refractivity contribution in [2.24, 2.45) is 0 Å². The van der Waals surface area contributed by atoms with E-state index in [1.54, 1.807) is 59.4 Å². The molecular weight excluding hydrogens is 735 g/mol. The molecular formula is C40H43N9O6S. The summed E-state index contributed by atoms with van der Waals surface area (Å²) < 4.78 is 33.8. The number of amides is 1. The van der Waals surface area contributed by atoms with Crippen LogP contribution in [0.25, 0.3) is 27.6 Å². The van der Waals surface area contributed by atoms with E-state index in [-0.39, 0.29) is 23.8 Å². The summed E-state index contributed by atoms with van der Waals surface area (Å²) in [5.74, 6) is 0.654. The molecule has 3 aromatic heterocycles. The summed E-state index contributed by atoms with van der Waals surface area (Å²) in [6, 6.07) is 14.6. The highest BCUT2D eigenvalue weighted by Crippen LogP contribution is 2.30. The minimum absolute atomic E-state index is 0.0210. The first-order chi connectivity index (χ1) is 26.8. The predicted molar refractivity (Wildman–Crippen MR) is 210 cm³/mol. The van der Waals surface area contributed by atoms with Gasteiger partial charge in [0.1, 0.15) is 23.4 Å². The van der Waals surface area contributed by atoms with E-state index in [4.69, 9.17) is 21.3 Å². The lowest BCUT2D eigenvalue weighted by Crippen LogP contribution is -2.43. The zero-order chi connectivity index (χ0) is 40.0. The molecule has 0 saturated heterocycles. The lowest BCUT2D eigenvalue weighted by molar-refractivity contribution is -0.133. The number of aliphatic hydroxyl groups is 1. The van der Waals surface area contributed by atoms with Gasteiger partial charge in [-0.1, -0.05) is 18.2 Å². The van der Waals surface area contributed by atoms with Crippen LogP contribution in [0.15, 0.2) is 72.0 Å². The monoisotopic (exact) mass is 777 g/mol. The number of carbonyl (C=O) groups excluding carboxylic acids is 2. The van der Waals surface area contributed by atoms with E-state index < -0.39 is 27.0 Å². The van der Waals surface area contributed by atoms with Crippen LogP contribution in [0.1, 0.15) is 49.9 Å². The number of rotatable bonds is 16. The summed E-state index contributed by atoms with van der Waals surface area (Å²) >= 11 is 0. The van der Waals surface area contributed by atoms with Crippen LogP contribution in [0, 0.1) is 20.4 Å². The van der Waals surface area contributed by atoms with Gasteiger partial charge in [0, 0.05) is 30.8 Å². The Balaban J connectivity index is 0.945. The van der Waals surface area contributed by atoms with Crippen LogP contribution < -0.4 is 15.0 Å². The molecule has 2 aromatic carbocycles. The topological polar surface area (TPSA) is 187 Å². The molecule has 0 unspecified atom stereocenters. The van der Waals surface area contributed by atoms with Gasteiger partial charge in [-0.05, 0) is 94.5 Å². The molecule has 0 aliphatic carbocycles. The van der Waals surface area contributed by atoms with Gasteiger partial charge in [0.15, 0.2) is 38.8 Å². The maximum atomic E-state index is 13.1. The van der Waals surface area contributed by atoms with Crippen molar-refractivity contribution in [2.45, 2.75) is 70.4 Å². The number of carbonyl (C=O) groups is 2. The maximum Gasteiger partial charge on any atom is 0.247 e. The Morgan fingerprint density at radius 3 is 2.54 bits per heavy atom. The Hall–Kier alpha value is -6.05. The van der Waals surface area contributed by atoms with E-state index in [2.05, 4.69) is 25.2 Å². The molecule has 2 N–H and O–H groups in total. The van der Waals surface area contributed by atoms with Crippen LogP contribution >= 0.6 is 0 Å². The first-order valence-electron chi connectivity index (χ1n) is 18.3. The Kier molecular flexibility index (Phi) is 11.9. The molecule has 0 fully saturated rings. The second-order valence-corrected chi connectivity index (χ2v) is 15.8. The minimum atomic E-state index is -3.99. The fourth-order valence-corrected chi connectivity index (χ4v) is 7.96. The summed E-state index contributed by atoms with van der Waals surface area (Å²) in [4.78, 5) is 48.6. The molecule has 16 heteroatoms. The third-order valence-corrected chi connectivity index (χ3v) is 11.4. The van der Waals surface area contributed by atoms with Gasteiger partial charge in [-0.15, -0.1) is 5.10 Å². The van der Waals surface area contributed by atoms with Crippen LogP contribution in [-0.4, -0.2) is 86.0 Å². The molecule has 15 nitrogen and oxygen atoms in total. The zero-order valence-corrected chi connectivity index (χ0v) is 32.5. The minimum Gasteiger partial charge on any atom is -0.494 e. The van der Waals surface area contributed by atoms with Crippen molar-refractivity contribution in [3.05, 3.63) is 95.4 Å². The van der Waals surface area contributed by atoms with Gasteiger partial charge in [-0.3, -0.25) is 19.2 Å². The highest BCUT2D eigenvalue weighted by atomic mass is 32.2. The third-order valence-electron chi connectivity index (χ3n) is 9.46. The van der Waals surface area contributed by atoms with Crippen LogP contribution in [-0.2, 0) is 32.4 Å². The van der Waals surface area contributed by atoms with Gasteiger partial charge in [0.2, 0.25) is 5.91 Å². The number of nitrogens with one attached hydrogen (secondary N) is 1. The summed E-state index contributed by atoms with van der Waals surface area (Å²) in [5.41, 5.74) is 2.44. The summed E-state index contributed by atoms with van der Waals surface area (Å²) in [7, 11) is -3.99. The quantitative estimate of drug-likeness (QED) is 0.0971. The van der Waals surface area contributed by atoms with Crippen molar-refractivity contribution < 1.29 is 27.9 Å². The number of anilines is 2. The number of aryl methyl sites for hydroxylation is 3. The zero-order valence-electron chi connectivity index (χ0n) is 31.7. The number of sulfone groups is 1. The van der Waals surface area contributed by atoms with Crippen molar-refractivity contribution in [3.8, 4) is 28.5 Å². The Morgan fingerprint density at radius 1 is 1.04 bits per heavy atom. The number of nitrogens with zero attached hydrogens (tertiary/aromatic N) is 8. The van der Waals surface area contributed by atoms with Gasteiger partial charge in [0.05, 0.1) is 42.3 Å². The molecule has 4 heterocycles. The smallest absolute Gasteiger partial charge is 0.247 e. The molecule has 290 valence electrons. The normalized spacial score (nSPS) is 13.7. The SMILES string of the molecule is [C-]#[N+]c1ccc(CC(=O)[C@@](C)(O)CS(=O)(=O)c2ccc(OCCCCCn3cnc(-c4ccc(-c5cnc6c(n5)N(CC)C(=O)CN6)c(C)n4)n3)cc2)cc1C. The molecule has 0 saturated carbocycles. The van der Waals surface area contributed by atoms with E-state index >= 15 is 0 Å². The number of Topliss-reactive ketones (excluding diaryl/α,β-unsaturated/α-hetero) is 1. The van der Waals surface area contributed by atoms with E-state index in [0.717, 1.165) is 30.5 Å². The van der Waals surface area contributed by atoms with Crippen LogP contribution in [0.3, 0.4) is 0 Å². The number of hydrogen-bond acceptors (Lipinski definition) is 12. The van der Waals surface area contributed by atoms with Crippen LogP contribution in [0.2, 0.25) is 0 Å². The number of ketones is 1. The first-order valence-corrected chi connectivity index (χ1v) is 19.9. The molecule has 0 spiro atoms. The average molecular weight is 778 g/mol. The highest BCUT2D eigenvalue weighted by Gasteiger charge is 2.36. The van der Waals surface area contributed by atoms with Gasteiger partial charge >= 0.3 is 0 Å². The van der Waals surface area contributed by atoms with E-state index in [1.165, 1.54) is 19.1 Å². The number of likely N-dealkylation sites (N-methyl/N-ethyl adjacent to an activating group) is 1. The summed E-state index contributed by atoms with van der Waals surface area (Å²) in [5, 5.41) is 18.5. The van der Waals surface area contributed by atoms with Crippen LogP contribution in [0.5, 0.6) is 5.75 Å². The maximum absolute atomic E-state index is 13.1. The second kappa shape index (κ2) is 16.8. The lowest BCUT2D eigenvalue weighted by atomic mass is 9.96. The first kappa shape index (κ1) is 39.6. The molecule has 56 heavy (non-hydrogen) atoms. The average Bonchev–Trinajstić information content (AvgIpc) is 3.65. The van der Waals surface area contributed by atoms with E-state index in [0.29, 0.717) is 71.1 Å². The highest BCUT2D eigenvalue weighted by molar-refractivity contribution is 7.91. The van der Waals surface area contributed by atoms with Crippen molar-refractivity contribution in [1.82, 2.24) is 29.7 Å². The lowest BCUT2D eigenvalue weighted by Gasteiger charge is -2.27. The molecule has 0 radical (unpaired) electrons. The molecule has 6 rings (SSSR count). The Bertz CT molecular complexity index is 2410. The van der Waals surface area contributed by atoms with E-state index in [1.807, 2.05) is 26.0 Å². The van der Waals surface area contributed by atoms with E-state index in [9.17, 15) is 23.1 Å². The largest absolute Gasteiger partial charge is 0.494 e. The van der Waals surface area contributed by atoms with Crippen LogP contribution in [0.4, 0.5) is 17.3 Å². The molecule has 5 aromatic rings. The van der Waals surface area contributed by atoms with Crippen molar-refractivity contribution in [1.29, 1.82) is 0 Å². The summed E-state index contributed by atoms with van der Waals surface area (Å²) in [6.07, 6.45) is 5.65. The van der Waals surface area contributed by atoms with Crippen molar-refractivity contribution in [2.75, 3.05) is 35.7 Å². The number of benzene rings is 2. The summed E-state index contributed by atoms with van der Waals surface area (Å²) in [6.45, 7) is 15.7. The second-order valence-electron chi connectivity index (χ2n) is 13.8. The number of fused-ring (bicyclic) bond motifs is 1. The molecule has 1 aliphatic rings. The molecule has 1 aliphatic heterocycles. The molecule has 1 atom stereocenters. The third kappa shape index (κ3) is 9.07. The van der Waals surface area contributed by atoms with Gasteiger partial charge in [-0.25, -0.2) is 33.2 Å². The molecule has 0 bridgehead atoms.